The molecule has 0 spiro atoms. The molecule has 0 amide bonds. The van der Waals surface area contributed by atoms with E-state index in [1.54, 1.807) is 0 Å². The number of nitrogens with zero attached hydrogens (tertiary/aromatic N) is 1. The van der Waals surface area contributed by atoms with Crippen LogP contribution >= 0.6 is 0 Å². The van der Waals surface area contributed by atoms with E-state index in [1.165, 1.54) is 36.2 Å². The van der Waals surface area contributed by atoms with Crippen LogP contribution in [0.1, 0.15) is 24.0 Å². The SMILES string of the molecule is Fc1ccc(C=C(c2ccccc2)N2CCCC2)cc1. The molecule has 2 aromatic carbocycles. The molecule has 0 saturated carbocycles. The normalized spacial score (nSPS) is 15.7. The molecule has 0 atom stereocenters. The van der Waals surface area contributed by atoms with Crippen LogP contribution in [0.5, 0.6) is 0 Å². The largest absolute Gasteiger partial charge is 0.371 e. The molecule has 1 aliphatic heterocycles. The number of likely N-dealkylation sites (tertiary alicyclic amines) is 1. The van der Waals surface area contributed by atoms with Crippen LogP contribution in [0.25, 0.3) is 11.8 Å². The molecule has 3 rings (SSSR count). The van der Waals surface area contributed by atoms with Crippen LogP contribution in [0, 0.1) is 5.82 Å². The lowest BCUT2D eigenvalue weighted by molar-refractivity contribution is 0.495. The summed E-state index contributed by atoms with van der Waals surface area (Å²) in [6.07, 6.45) is 4.64. The number of rotatable bonds is 3. The highest BCUT2D eigenvalue weighted by atomic mass is 19.1. The number of hydrogen-bond donors (Lipinski definition) is 0. The zero-order chi connectivity index (χ0) is 13.8. The van der Waals surface area contributed by atoms with Crippen molar-refractivity contribution >= 4 is 11.8 Å². The molecule has 0 aliphatic carbocycles. The molecule has 1 aliphatic rings. The monoisotopic (exact) mass is 267 g/mol. The van der Waals surface area contributed by atoms with Crippen LogP contribution < -0.4 is 0 Å². The molecule has 2 aromatic rings. The van der Waals surface area contributed by atoms with Crippen LogP contribution in [0.3, 0.4) is 0 Å². The molecule has 1 heterocycles. The van der Waals surface area contributed by atoms with Crippen LogP contribution in [0.4, 0.5) is 4.39 Å². The summed E-state index contributed by atoms with van der Waals surface area (Å²) in [5.74, 6) is -0.190. The molecule has 1 nitrogen and oxygen atoms in total. The third kappa shape index (κ3) is 2.90. The molecule has 1 fully saturated rings. The molecule has 102 valence electrons. The van der Waals surface area contributed by atoms with Gasteiger partial charge in [0.1, 0.15) is 5.82 Å². The molecule has 0 aromatic heterocycles. The van der Waals surface area contributed by atoms with Gasteiger partial charge in [-0.3, -0.25) is 0 Å². The van der Waals surface area contributed by atoms with E-state index in [4.69, 9.17) is 0 Å². The van der Waals surface area contributed by atoms with Crippen molar-refractivity contribution < 1.29 is 4.39 Å². The van der Waals surface area contributed by atoms with Crippen molar-refractivity contribution in [2.24, 2.45) is 0 Å². The smallest absolute Gasteiger partial charge is 0.123 e. The molecule has 1 saturated heterocycles. The van der Waals surface area contributed by atoms with E-state index in [0.29, 0.717) is 0 Å². The quantitative estimate of drug-likeness (QED) is 0.744. The van der Waals surface area contributed by atoms with E-state index >= 15 is 0 Å². The molecular weight excluding hydrogens is 249 g/mol. The van der Waals surface area contributed by atoms with Gasteiger partial charge in [0.05, 0.1) is 0 Å². The summed E-state index contributed by atoms with van der Waals surface area (Å²) in [6, 6.07) is 17.1. The van der Waals surface area contributed by atoms with E-state index in [1.807, 2.05) is 18.2 Å². The van der Waals surface area contributed by atoms with Gasteiger partial charge in [0.15, 0.2) is 0 Å². The lowest BCUT2D eigenvalue weighted by atomic mass is 10.1. The van der Waals surface area contributed by atoms with E-state index < -0.39 is 0 Å². The Labute approximate surface area is 119 Å². The van der Waals surface area contributed by atoms with Gasteiger partial charge in [0.2, 0.25) is 0 Å². The maximum atomic E-state index is 13.0. The summed E-state index contributed by atoms with van der Waals surface area (Å²) in [4.78, 5) is 2.42. The number of hydrogen-bond acceptors (Lipinski definition) is 1. The molecule has 2 heteroatoms. The fourth-order valence-electron chi connectivity index (χ4n) is 2.64. The van der Waals surface area contributed by atoms with Gasteiger partial charge in [0.25, 0.3) is 0 Å². The van der Waals surface area contributed by atoms with Gasteiger partial charge in [-0.2, -0.15) is 0 Å². The van der Waals surface area contributed by atoms with E-state index in [9.17, 15) is 4.39 Å². The summed E-state index contributed by atoms with van der Waals surface area (Å²) >= 11 is 0. The van der Waals surface area contributed by atoms with Gasteiger partial charge in [-0.15, -0.1) is 0 Å². The van der Waals surface area contributed by atoms with Gasteiger partial charge >= 0.3 is 0 Å². The first kappa shape index (κ1) is 12.9. The summed E-state index contributed by atoms with van der Waals surface area (Å²) < 4.78 is 13.0. The van der Waals surface area contributed by atoms with Crippen LogP contribution in [-0.4, -0.2) is 18.0 Å². The fraction of sp³-hybridized carbons (Fsp3) is 0.222. The second-order valence-electron chi connectivity index (χ2n) is 5.14. The van der Waals surface area contributed by atoms with Crippen molar-refractivity contribution in [2.45, 2.75) is 12.8 Å². The minimum atomic E-state index is -0.190. The predicted molar refractivity (Wildman–Crippen MR) is 81.5 cm³/mol. The van der Waals surface area contributed by atoms with Gasteiger partial charge in [-0.1, -0.05) is 42.5 Å². The zero-order valence-corrected chi connectivity index (χ0v) is 11.4. The number of halogens is 1. The predicted octanol–water partition coefficient (Wildman–Crippen LogP) is 4.42. The van der Waals surface area contributed by atoms with Crippen molar-refractivity contribution in [3.63, 3.8) is 0 Å². The molecule has 0 bridgehead atoms. The highest BCUT2D eigenvalue weighted by Gasteiger charge is 2.16. The Morgan fingerprint density at radius 1 is 0.900 bits per heavy atom. The maximum Gasteiger partial charge on any atom is 0.123 e. The van der Waals surface area contributed by atoms with Crippen molar-refractivity contribution in [2.75, 3.05) is 13.1 Å². The minimum absolute atomic E-state index is 0.190. The van der Waals surface area contributed by atoms with Gasteiger partial charge in [-0.05, 0) is 42.2 Å². The Morgan fingerprint density at radius 2 is 1.55 bits per heavy atom. The van der Waals surface area contributed by atoms with Crippen molar-refractivity contribution in [1.29, 1.82) is 0 Å². The molecule has 0 N–H and O–H groups in total. The molecule has 20 heavy (non-hydrogen) atoms. The van der Waals surface area contributed by atoms with E-state index in [2.05, 4.69) is 35.2 Å². The second kappa shape index (κ2) is 5.91. The summed E-state index contributed by atoms with van der Waals surface area (Å²) in [6.45, 7) is 2.20. The lowest BCUT2D eigenvalue weighted by Crippen LogP contribution is -2.17. The van der Waals surface area contributed by atoms with Crippen LogP contribution in [0.15, 0.2) is 54.6 Å². The maximum absolute atomic E-state index is 13.0. The summed E-state index contributed by atoms with van der Waals surface area (Å²) in [5.41, 5.74) is 3.49. The van der Waals surface area contributed by atoms with Gasteiger partial charge < -0.3 is 4.90 Å². The lowest BCUT2D eigenvalue weighted by Gasteiger charge is -2.22. The third-order valence-corrected chi connectivity index (χ3v) is 3.69. The molecular formula is C18H18FN. The minimum Gasteiger partial charge on any atom is -0.371 e. The van der Waals surface area contributed by atoms with Gasteiger partial charge in [0, 0.05) is 18.8 Å². The first-order valence-corrected chi connectivity index (χ1v) is 7.10. The Hall–Kier alpha value is -2.09. The average Bonchev–Trinajstić information content (AvgIpc) is 3.01. The Bertz CT molecular complexity index is 581. The standard InChI is InChI=1S/C18H18FN/c19-17-10-8-15(9-11-17)14-18(20-12-4-5-13-20)16-6-2-1-3-7-16/h1-3,6-11,14H,4-5,12-13H2. The highest BCUT2D eigenvalue weighted by Crippen LogP contribution is 2.26. The average molecular weight is 267 g/mol. The van der Waals surface area contributed by atoms with E-state index in [-0.39, 0.29) is 5.82 Å². The Morgan fingerprint density at radius 3 is 2.20 bits per heavy atom. The highest BCUT2D eigenvalue weighted by molar-refractivity contribution is 5.80. The molecule has 0 radical (unpaired) electrons. The van der Waals surface area contributed by atoms with Crippen molar-refractivity contribution in [1.82, 2.24) is 4.90 Å². The topological polar surface area (TPSA) is 3.24 Å². The summed E-state index contributed by atoms with van der Waals surface area (Å²) in [7, 11) is 0. The Kier molecular flexibility index (Phi) is 3.82. The third-order valence-electron chi connectivity index (χ3n) is 3.69. The first-order valence-electron chi connectivity index (χ1n) is 7.10. The number of benzene rings is 2. The van der Waals surface area contributed by atoms with Gasteiger partial charge in [-0.25, -0.2) is 4.39 Å². The zero-order valence-electron chi connectivity index (χ0n) is 11.4. The van der Waals surface area contributed by atoms with Crippen LogP contribution in [0.2, 0.25) is 0 Å². The second-order valence-corrected chi connectivity index (χ2v) is 5.14. The molecule has 0 unspecified atom stereocenters. The van der Waals surface area contributed by atoms with Crippen molar-refractivity contribution in [3.8, 4) is 0 Å². The van der Waals surface area contributed by atoms with Crippen molar-refractivity contribution in [3.05, 3.63) is 71.5 Å². The van der Waals surface area contributed by atoms with E-state index in [0.717, 1.165) is 18.7 Å². The van der Waals surface area contributed by atoms with Crippen LogP contribution in [-0.2, 0) is 0 Å². The fourth-order valence-corrected chi connectivity index (χ4v) is 2.64. The summed E-state index contributed by atoms with van der Waals surface area (Å²) in [5, 5.41) is 0. The first-order chi connectivity index (χ1) is 9.83. The Balaban J connectivity index is 1.98.